The summed E-state index contributed by atoms with van der Waals surface area (Å²) in [4.78, 5) is 21.2. The molecule has 0 atom stereocenters. The van der Waals surface area contributed by atoms with Crippen LogP contribution in [-0.2, 0) is 0 Å². The van der Waals surface area contributed by atoms with Gasteiger partial charge < -0.3 is 4.74 Å². The summed E-state index contributed by atoms with van der Waals surface area (Å²) in [6.07, 6.45) is 0.662. The van der Waals surface area contributed by atoms with Gasteiger partial charge in [0.1, 0.15) is 12.0 Å². The molecule has 0 aliphatic carbocycles. The molecule has 0 aliphatic rings. The number of carbonyl (C=O) groups is 1. The highest BCUT2D eigenvalue weighted by Crippen LogP contribution is 2.38. The van der Waals surface area contributed by atoms with Gasteiger partial charge in [-0.3, -0.25) is 14.9 Å². The van der Waals surface area contributed by atoms with Crippen molar-refractivity contribution in [3.63, 3.8) is 0 Å². The zero-order valence-electron chi connectivity index (χ0n) is 10.8. The minimum atomic E-state index is -0.615. The average molecular weight is 326 g/mol. The van der Waals surface area contributed by atoms with E-state index in [0.717, 1.165) is 11.6 Å². The number of aryl methyl sites for hydroxylation is 1. The van der Waals surface area contributed by atoms with Crippen LogP contribution in [0.15, 0.2) is 30.3 Å². The molecule has 0 unspecified atom stereocenters. The second-order valence-corrected chi connectivity index (χ2v) is 5.05. The highest BCUT2D eigenvalue weighted by Gasteiger charge is 2.19. The summed E-state index contributed by atoms with van der Waals surface area (Å²) >= 11 is 11.6. The molecule has 108 valence electrons. The van der Waals surface area contributed by atoms with Gasteiger partial charge in [-0.2, -0.15) is 0 Å². The minimum Gasteiger partial charge on any atom is -0.450 e. The second kappa shape index (κ2) is 6.11. The molecule has 2 aromatic carbocycles. The first-order chi connectivity index (χ1) is 9.92. The van der Waals surface area contributed by atoms with Crippen molar-refractivity contribution in [3.8, 4) is 11.5 Å². The predicted octanol–water partition coefficient (Wildman–Crippen LogP) is 4.81. The van der Waals surface area contributed by atoms with Gasteiger partial charge in [-0.05, 0) is 18.6 Å². The number of benzene rings is 2. The number of hydrogen-bond donors (Lipinski definition) is 0. The fourth-order valence-electron chi connectivity index (χ4n) is 1.66. The normalized spacial score (nSPS) is 10.2. The van der Waals surface area contributed by atoms with Gasteiger partial charge in [0.25, 0.3) is 0 Å². The Bertz CT molecular complexity index is 731. The Labute approximate surface area is 130 Å². The number of carbonyl (C=O) groups excluding carboxylic acids is 1. The average Bonchev–Trinajstić information content (AvgIpc) is 2.44. The smallest absolute Gasteiger partial charge is 0.313 e. The van der Waals surface area contributed by atoms with Crippen molar-refractivity contribution in [1.82, 2.24) is 0 Å². The van der Waals surface area contributed by atoms with Crippen LogP contribution in [0.25, 0.3) is 0 Å². The van der Waals surface area contributed by atoms with E-state index >= 15 is 0 Å². The van der Waals surface area contributed by atoms with E-state index in [9.17, 15) is 14.9 Å². The van der Waals surface area contributed by atoms with Crippen LogP contribution in [-0.4, -0.2) is 11.2 Å². The molecule has 0 N–H and O–H groups in total. The third-order valence-electron chi connectivity index (χ3n) is 2.77. The van der Waals surface area contributed by atoms with E-state index in [1.807, 2.05) is 0 Å². The van der Waals surface area contributed by atoms with Crippen LogP contribution in [0.3, 0.4) is 0 Å². The Kier molecular flexibility index (Phi) is 4.45. The van der Waals surface area contributed by atoms with E-state index in [0.29, 0.717) is 17.6 Å². The first kappa shape index (κ1) is 15.3. The van der Waals surface area contributed by atoms with E-state index in [-0.39, 0.29) is 21.5 Å². The van der Waals surface area contributed by atoms with Crippen molar-refractivity contribution in [2.45, 2.75) is 6.92 Å². The molecule has 2 aromatic rings. The summed E-state index contributed by atoms with van der Waals surface area (Å²) < 4.78 is 5.54. The van der Waals surface area contributed by atoms with Crippen LogP contribution in [0.4, 0.5) is 5.69 Å². The van der Waals surface area contributed by atoms with Crippen molar-refractivity contribution in [2.75, 3.05) is 0 Å². The molecule has 21 heavy (non-hydrogen) atoms. The zero-order valence-corrected chi connectivity index (χ0v) is 12.3. The maximum atomic E-state index is 11.1. The SMILES string of the molecule is Cc1ccc(C=O)cc1Oc1cc(Cl)c(Cl)cc1[N+](=O)[O-]. The molecule has 2 rings (SSSR count). The largest absolute Gasteiger partial charge is 0.450 e. The summed E-state index contributed by atoms with van der Waals surface area (Å²) in [5.74, 6) is 0.293. The van der Waals surface area contributed by atoms with Gasteiger partial charge in [-0.15, -0.1) is 0 Å². The van der Waals surface area contributed by atoms with Crippen LogP contribution in [0, 0.1) is 17.0 Å². The maximum Gasteiger partial charge on any atom is 0.313 e. The van der Waals surface area contributed by atoms with Crippen molar-refractivity contribution >= 4 is 35.2 Å². The highest BCUT2D eigenvalue weighted by atomic mass is 35.5. The Balaban J connectivity index is 2.50. The van der Waals surface area contributed by atoms with Crippen LogP contribution in [0.1, 0.15) is 15.9 Å². The maximum absolute atomic E-state index is 11.1. The molecule has 0 saturated heterocycles. The molecule has 0 radical (unpaired) electrons. The molecule has 0 aromatic heterocycles. The minimum absolute atomic E-state index is 0.0412. The fraction of sp³-hybridized carbons (Fsp3) is 0.0714. The molecule has 0 spiro atoms. The summed E-state index contributed by atoms with van der Waals surface area (Å²) in [5, 5.41) is 11.3. The van der Waals surface area contributed by atoms with Crippen LogP contribution < -0.4 is 4.74 Å². The van der Waals surface area contributed by atoms with Gasteiger partial charge in [0.15, 0.2) is 0 Å². The van der Waals surface area contributed by atoms with E-state index in [1.54, 1.807) is 19.1 Å². The summed E-state index contributed by atoms with van der Waals surface area (Å²) in [6, 6.07) is 7.20. The molecule has 7 heteroatoms. The second-order valence-electron chi connectivity index (χ2n) is 4.24. The molecule has 0 bridgehead atoms. The number of nitro benzene ring substituents is 1. The van der Waals surface area contributed by atoms with Crippen molar-refractivity contribution < 1.29 is 14.5 Å². The topological polar surface area (TPSA) is 69.4 Å². The molecule has 0 saturated carbocycles. The first-order valence-electron chi connectivity index (χ1n) is 5.79. The first-order valence-corrected chi connectivity index (χ1v) is 6.55. The molecular formula is C14H9Cl2NO4. The molecule has 0 heterocycles. The van der Waals surface area contributed by atoms with Gasteiger partial charge in [0.2, 0.25) is 5.75 Å². The lowest BCUT2D eigenvalue weighted by Crippen LogP contribution is -1.96. The highest BCUT2D eigenvalue weighted by molar-refractivity contribution is 6.42. The third kappa shape index (κ3) is 3.32. The number of rotatable bonds is 4. The lowest BCUT2D eigenvalue weighted by molar-refractivity contribution is -0.385. The van der Waals surface area contributed by atoms with E-state index in [1.165, 1.54) is 12.1 Å². The van der Waals surface area contributed by atoms with Gasteiger partial charge in [-0.25, -0.2) is 0 Å². The monoisotopic (exact) mass is 325 g/mol. The van der Waals surface area contributed by atoms with Crippen molar-refractivity contribution in [1.29, 1.82) is 0 Å². The van der Waals surface area contributed by atoms with Crippen molar-refractivity contribution in [2.24, 2.45) is 0 Å². The summed E-state index contributed by atoms with van der Waals surface area (Å²) in [6.45, 7) is 1.76. The Morgan fingerprint density at radius 3 is 2.43 bits per heavy atom. The van der Waals surface area contributed by atoms with Crippen LogP contribution in [0.2, 0.25) is 10.0 Å². The van der Waals surface area contributed by atoms with Crippen LogP contribution in [0.5, 0.6) is 11.5 Å². The Morgan fingerprint density at radius 2 is 1.81 bits per heavy atom. The molecule has 0 aliphatic heterocycles. The Hall–Kier alpha value is -2.11. The van der Waals surface area contributed by atoms with E-state index in [2.05, 4.69) is 0 Å². The lowest BCUT2D eigenvalue weighted by Gasteiger charge is -2.10. The van der Waals surface area contributed by atoms with Gasteiger partial charge >= 0.3 is 5.69 Å². The molecule has 5 nitrogen and oxygen atoms in total. The van der Waals surface area contributed by atoms with E-state index < -0.39 is 4.92 Å². The quantitative estimate of drug-likeness (QED) is 0.459. The number of ether oxygens (including phenoxy) is 1. The van der Waals surface area contributed by atoms with Crippen molar-refractivity contribution in [3.05, 3.63) is 61.6 Å². The molecule has 0 amide bonds. The standard InChI is InChI=1S/C14H9Cl2NO4/c1-8-2-3-9(7-18)4-13(8)21-14-6-11(16)10(15)5-12(14)17(19)20/h2-7H,1H3. The zero-order chi connectivity index (χ0) is 15.6. The summed E-state index contributed by atoms with van der Waals surface area (Å²) in [5.41, 5.74) is 0.819. The third-order valence-corrected chi connectivity index (χ3v) is 3.49. The lowest BCUT2D eigenvalue weighted by atomic mass is 10.1. The molecule has 0 fully saturated rings. The number of halogens is 2. The number of nitrogens with zero attached hydrogens (tertiary/aromatic N) is 1. The fourth-order valence-corrected chi connectivity index (χ4v) is 1.97. The van der Waals surface area contributed by atoms with Gasteiger partial charge in [0, 0.05) is 17.7 Å². The number of hydrogen-bond acceptors (Lipinski definition) is 4. The van der Waals surface area contributed by atoms with Crippen LogP contribution >= 0.6 is 23.2 Å². The predicted molar refractivity (Wildman–Crippen MR) is 79.8 cm³/mol. The van der Waals surface area contributed by atoms with E-state index in [4.69, 9.17) is 27.9 Å². The van der Waals surface area contributed by atoms with Gasteiger partial charge in [-0.1, -0.05) is 35.3 Å². The van der Waals surface area contributed by atoms with Gasteiger partial charge in [0.05, 0.1) is 15.0 Å². The Morgan fingerprint density at radius 1 is 1.14 bits per heavy atom. The molecular weight excluding hydrogens is 317 g/mol. The summed E-state index contributed by atoms with van der Waals surface area (Å²) in [7, 11) is 0. The number of aldehydes is 1. The number of nitro groups is 1.